The van der Waals surface area contributed by atoms with Gasteiger partial charge in [0.05, 0.1) is 0 Å². The van der Waals surface area contributed by atoms with Crippen LogP contribution in [0.1, 0.15) is 44.9 Å². The quantitative estimate of drug-likeness (QED) is 0.780. The van der Waals surface area contributed by atoms with Crippen molar-refractivity contribution in [1.29, 1.82) is 0 Å². The Morgan fingerprint density at radius 2 is 2.18 bits per heavy atom. The molecule has 1 aliphatic carbocycles. The fraction of sp³-hybridized carbons (Fsp3) is 0.667. The van der Waals surface area contributed by atoms with Crippen LogP contribution >= 0.6 is 11.3 Å². The average molecular weight is 250 g/mol. The van der Waals surface area contributed by atoms with Crippen molar-refractivity contribution in [3.8, 4) is 0 Å². The number of carbonyl (C=O) groups is 1. The first-order chi connectivity index (χ1) is 7.99. The third-order valence-electron chi connectivity index (χ3n) is 4.04. The maximum absolute atomic E-state index is 12.2. The minimum Gasteiger partial charge on any atom is -0.299 e. The maximum atomic E-state index is 12.2. The zero-order valence-corrected chi connectivity index (χ0v) is 11.8. The summed E-state index contributed by atoms with van der Waals surface area (Å²) in [4.78, 5) is 13.6. The molecule has 0 radical (unpaired) electrons. The lowest BCUT2D eigenvalue weighted by Crippen LogP contribution is -2.36. The van der Waals surface area contributed by atoms with Crippen molar-refractivity contribution < 1.29 is 4.79 Å². The summed E-state index contributed by atoms with van der Waals surface area (Å²) in [6, 6.07) is 4.28. The molecule has 0 aromatic carbocycles. The molecule has 17 heavy (non-hydrogen) atoms. The van der Waals surface area contributed by atoms with Crippen LogP contribution < -0.4 is 0 Å². The van der Waals surface area contributed by atoms with Crippen LogP contribution in [0.4, 0.5) is 0 Å². The molecular weight excluding hydrogens is 228 g/mol. The van der Waals surface area contributed by atoms with E-state index in [2.05, 4.69) is 38.3 Å². The van der Waals surface area contributed by atoms with E-state index in [1.165, 1.54) is 11.3 Å². The van der Waals surface area contributed by atoms with Crippen LogP contribution in [0.3, 0.4) is 0 Å². The summed E-state index contributed by atoms with van der Waals surface area (Å²) in [6.45, 7) is 6.71. The Labute approximate surface area is 108 Å². The minimum absolute atomic E-state index is 0.113. The normalized spacial score (nSPS) is 26.2. The summed E-state index contributed by atoms with van der Waals surface area (Å²) in [5, 5.41) is 2.12. The molecule has 0 saturated heterocycles. The number of hydrogen-bond donors (Lipinski definition) is 0. The molecule has 94 valence electrons. The number of ketones is 1. The van der Waals surface area contributed by atoms with Crippen LogP contribution in [0.2, 0.25) is 0 Å². The van der Waals surface area contributed by atoms with Gasteiger partial charge in [-0.25, -0.2) is 0 Å². The van der Waals surface area contributed by atoms with Gasteiger partial charge in [0.1, 0.15) is 5.78 Å². The van der Waals surface area contributed by atoms with Gasteiger partial charge in [-0.1, -0.05) is 26.8 Å². The van der Waals surface area contributed by atoms with Crippen molar-refractivity contribution in [3.05, 3.63) is 22.4 Å². The van der Waals surface area contributed by atoms with Crippen LogP contribution in [0, 0.1) is 17.3 Å². The van der Waals surface area contributed by atoms with Crippen molar-refractivity contribution >= 4 is 17.1 Å². The van der Waals surface area contributed by atoms with Gasteiger partial charge in [0.25, 0.3) is 0 Å². The van der Waals surface area contributed by atoms with Gasteiger partial charge >= 0.3 is 0 Å². The molecule has 1 fully saturated rings. The molecule has 1 saturated carbocycles. The maximum Gasteiger partial charge on any atom is 0.136 e. The molecule has 1 aromatic heterocycles. The Bertz CT molecular complexity index is 378. The van der Waals surface area contributed by atoms with Crippen molar-refractivity contribution in [1.82, 2.24) is 0 Å². The van der Waals surface area contributed by atoms with Crippen LogP contribution in [0.25, 0.3) is 0 Å². The van der Waals surface area contributed by atoms with Crippen molar-refractivity contribution in [2.45, 2.75) is 46.5 Å². The number of rotatable bonds is 3. The average Bonchev–Trinajstić information content (AvgIpc) is 2.68. The molecule has 0 bridgehead atoms. The molecule has 0 N–H and O–H groups in total. The molecule has 2 rings (SSSR count). The monoisotopic (exact) mass is 250 g/mol. The molecule has 2 heteroatoms. The van der Waals surface area contributed by atoms with E-state index in [0.717, 1.165) is 19.3 Å². The predicted octanol–water partition coefficient (Wildman–Crippen LogP) is 4.32. The number of thiophene rings is 1. The third-order valence-corrected chi connectivity index (χ3v) is 4.92. The van der Waals surface area contributed by atoms with Gasteiger partial charge in [-0.2, -0.15) is 0 Å². The fourth-order valence-electron chi connectivity index (χ4n) is 3.01. The SMILES string of the molecule is CC1CCC(C(C)(C)Cc2cccs2)C(=O)C1. The van der Waals surface area contributed by atoms with Crippen molar-refractivity contribution in [2.24, 2.45) is 17.3 Å². The Morgan fingerprint density at radius 1 is 1.41 bits per heavy atom. The number of carbonyl (C=O) groups excluding carboxylic acids is 1. The van der Waals surface area contributed by atoms with E-state index in [1.807, 2.05) is 0 Å². The first-order valence-electron chi connectivity index (χ1n) is 6.54. The highest BCUT2D eigenvalue weighted by molar-refractivity contribution is 7.09. The second kappa shape index (κ2) is 4.93. The third kappa shape index (κ3) is 2.98. The van der Waals surface area contributed by atoms with Crippen LogP contribution in [0.15, 0.2) is 17.5 Å². The lowest BCUT2D eigenvalue weighted by Gasteiger charge is -2.37. The lowest BCUT2D eigenvalue weighted by molar-refractivity contribution is -0.129. The second-order valence-corrected chi connectivity index (χ2v) is 7.18. The van der Waals surface area contributed by atoms with E-state index in [4.69, 9.17) is 0 Å². The summed E-state index contributed by atoms with van der Waals surface area (Å²) >= 11 is 1.80. The van der Waals surface area contributed by atoms with E-state index in [-0.39, 0.29) is 11.3 Å². The Hall–Kier alpha value is -0.630. The largest absolute Gasteiger partial charge is 0.299 e. The first kappa shape index (κ1) is 12.8. The highest BCUT2D eigenvalue weighted by atomic mass is 32.1. The Morgan fingerprint density at radius 3 is 2.76 bits per heavy atom. The molecule has 1 aromatic rings. The molecule has 2 atom stereocenters. The highest BCUT2D eigenvalue weighted by Gasteiger charge is 2.38. The standard InChI is InChI=1S/C15H22OS/c1-11-6-7-13(14(16)9-11)15(2,3)10-12-5-4-8-17-12/h4-5,8,11,13H,6-7,9-10H2,1-3H3. The lowest BCUT2D eigenvalue weighted by atomic mass is 9.67. The number of Topliss-reactive ketones (excluding diaryl/α,β-unsaturated/α-hetero) is 1. The topological polar surface area (TPSA) is 17.1 Å². The van der Waals surface area contributed by atoms with Gasteiger partial charge in [0.15, 0.2) is 0 Å². The van der Waals surface area contributed by atoms with Gasteiger partial charge in [-0.15, -0.1) is 11.3 Å². The molecule has 2 unspecified atom stereocenters. The molecule has 0 amide bonds. The molecule has 1 heterocycles. The molecule has 1 nitrogen and oxygen atoms in total. The summed E-state index contributed by atoms with van der Waals surface area (Å²) in [6.07, 6.45) is 4.12. The smallest absolute Gasteiger partial charge is 0.136 e. The summed E-state index contributed by atoms with van der Waals surface area (Å²) in [7, 11) is 0. The van der Waals surface area contributed by atoms with Gasteiger partial charge in [0, 0.05) is 17.2 Å². The zero-order chi connectivity index (χ0) is 12.5. The van der Waals surface area contributed by atoms with E-state index < -0.39 is 0 Å². The zero-order valence-electron chi connectivity index (χ0n) is 11.0. The first-order valence-corrected chi connectivity index (χ1v) is 7.42. The predicted molar refractivity (Wildman–Crippen MR) is 73.3 cm³/mol. The highest BCUT2D eigenvalue weighted by Crippen LogP contribution is 2.40. The van der Waals surface area contributed by atoms with Crippen molar-refractivity contribution in [2.75, 3.05) is 0 Å². The van der Waals surface area contributed by atoms with Crippen LogP contribution in [-0.2, 0) is 11.2 Å². The minimum atomic E-state index is 0.113. The van der Waals surface area contributed by atoms with Gasteiger partial charge in [-0.3, -0.25) is 4.79 Å². The molecule has 0 spiro atoms. The van der Waals surface area contributed by atoms with E-state index in [9.17, 15) is 4.79 Å². The Balaban J connectivity index is 2.07. The van der Waals surface area contributed by atoms with Crippen LogP contribution in [-0.4, -0.2) is 5.78 Å². The van der Waals surface area contributed by atoms with E-state index in [1.54, 1.807) is 11.3 Å². The van der Waals surface area contributed by atoms with Gasteiger partial charge < -0.3 is 0 Å². The van der Waals surface area contributed by atoms with E-state index in [0.29, 0.717) is 11.7 Å². The fourth-order valence-corrected chi connectivity index (χ4v) is 3.96. The summed E-state index contributed by atoms with van der Waals surface area (Å²) in [5.41, 5.74) is 0.113. The molecule has 1 aliphatic rings. The van der Waals surface area contributed by atoms with Gasteiger partial charge in [0.2, 0.25) is 0 Å². The molecular formula is C15H22OS. The summed E-state index contributed by atoms with van der Waals surface area (Å²) < 4.78 is 0. The van der Waals surface area contributed by atoms with Crippen LogP contribution in [0.5, 0.6) is 0 Å². The Kier molecular flexibility index (Phi) is 3.72. The molecule has 0 aliphatic heterocycles. The van der Waals surface area contributed by atoms with E-state index >= 15 is 0 Å². The number of hydrogen-bond acceptors (Lipinski definition) is 2. The summed E-state index contributed by atoms with van der Waals surface area (Å²) in [5.74, 6) is 1.35. The van der Waals surface area contributed by atoms with Crippen molar-refractivity contribution in [3.63, 3.8) is 0 Å². The van der Waals surface area contributed by atoms with Gasteiger partial charge in [-0.05, 0) is 42.0 Å². The second-order valence-electron chi connectivity index (χ2n) is 6.15.